The molecule has 3 N–H and O–H groups in total. The van der Waals surface area contributed by atoms with Crippen molar-refractivity contribution in [2.24, 2.45) is 0 Å². The maximum atomic E-state index is 9.07. The van der Waals surface area contributed by atoms with E-state index in [4.69, 9.17) is 5.11 Å². The zero-order chi connectivity index (χ0) is 13.7. The monoisotopic (exact) mass is 259 g/mol. The van der Waals surface area contributed by atoms with Crippen LogP contribution in [0, 0.1) is 0 Å². The van der Waals surface area contributed by atoms with E-state index < -0.39 is 0 Å². The minimum atomic E-state index is -0.0996. The molecule has 0 aromatic carbocycles. The molecule has 0 aliphatic heterocycles. The quantitative estimate of drug-likeness (QED) is 0.752. The highest BCUT2D eigenvalue weighted by Crippen LogP contribution is 2.20. The third kappa shape index (κ3) is 3.38. The Morgan fingerprint density at radius 1 is 1.26 bits per heavy atom. The Morgan fingerprint density at radius 2 is 2.00 bits per heavy atom. The Kier molecular flexibility index (Phi) is 4.25. The Morgan fingerprint density at radius 3 is 2.63 bits per heavy atom. The van der Waals surface area contributed by atoms with Gasteiger partial charge in [-0.15, -0.1) is 0 Å². The van der Waals surface area contributed by atoms with Crippen molar-refractivity contribution in [3.63, 3.8) is 0 Å². The van der Waals surface area contributed by atoms with E-state index in [1.165, 1.54) is 0 Å². The summed E-state index contributed by atoms with van der Waals surface area (Å²) in [4.78, 5) is 12.7. The lowest BCUT2D eigenvalue weighted by Gasteiger charge is -2.13. The summed E-state index contributed by atoms with van der Waals surface area (Å²) in [6.45, 7) is 1.89. The van der Waals surface area contributed by atoms with Crippen molar-refractivity contribution < 1.29 is 5.11 Å². The van der Waals surface area contributed by atoms with Gasteiger partial charge in [-0.05, 0) is 19.1 Å². The predicted octanol–water partition coefficient (Wildman–Crippen LogP) is 1.37. The molecule has 100 valence electrons. The Hall–Kier alpha value is -2.21. The molecule has 0 spiro atoms. The van der Waals surface area contributed by atoms with Crippen molar-refractivity contribution in [2.45, 2.75) is 13.0 Å². The van der Waals surface area contributed by atoms with Crippen LogP contribution in [0.4, 0.5) is 11.8 Å². The smallest absolute Gasteiger partial charge is 0.225 e. The van der Waals surface area contributed by atoms with Crippen LogP contribution in [-0.2, 0) is 0 Å². The SMILES string of the molecule is CNc1cc(-c2ccncc2)nc(N[C@H](C)CO)n1. The molecule has 2 rings (SSSR count). The molecule has 2 aromatic rings. The molecule has 6 heteroatoms. The van der Waals surface area contributed by atoms with E-state index in [-0.39, 0.29) is 12.6 Å². The number of aliphatic hydroxyl groups excluding tert-OH is 1. The van der Waals surface area contributed by atoms with Crippen molar-refractivity contribution >= 4 is 11.8 Å². The second-order valence-electron chi connectivity index (χ2n) is 4.18. The van der Waals surface area contributed by atoms with Gasteiger partial charge >= 0.3 is 0 Å². The number of hydrogen-bond acceptors (Lipinski definition) is 6. The second kappa shape index (κ2) is 6.10. The predicted molar refractivity (Wildman–Crippen MR) is 75.0 cm³/mol. The molecular weight excluding hydrogens is 242 g/mol. The molecule has 0 bridgehead atoms. The summed E-state index contributed by atoms with van der Waals surface area (Å²) in [5, 5.41) is 15.1. The first kappa shape index (κ1) is 13.2. The Bertz CT molecular complexity index is 532. The summed E-state index contributed by atoms with van der Waals surface area (Å²) in [6, 6.07) is 5.55. The van der Waals surface area contributed by atoms with Crippen LogP contribution in [0.3, 0.4) is 0 Å². The van der Waals surface area contributed by atoms with Gasteiger partial charge in [-0.3, -0.25) is 4.98 Å². The Labute approximate surface area is 112 Å². The van der Waals surface area contributed by atoms with Gasteiger partial charge in [0.25, 0.3) is 0 Å². The fraction of sp³-hybridized carbons (Fsp3) is 0.308. The standard InChI is InChI=1S/C13H17N5O/c1-9(8-19)16-13-17-11(7-12(14-2)18-13)10-3-5-15-6-4-10/h3-7,9,19H,8H2,1-2H3,(H2,14,16,17,18)/t9-/m1/s1. The molecule has 1 atom stereocenters. The summed E-state index contributed by atoms with van der Waals surface area (Å²) in [5.41, 5.74) is 1.77. The molecule has 2 aromatic heterocycles. The molecule has 0 radical (unpaired) electrons. The summed E-state index contributed by atoms with van der Waals surface area (Å²) in [7, 11) is 1.80. The van der Waals surface area contributed by atoms with E-state index in [1.807, 2.05) is 25.1 Å². The van der Waals surface area contributed by atoms with Gasteiger partial charge in [0.15, 0.2) is 0 Å². The molecule has 0 unspecified atom stereocenters. The van der Waals surface area contributed by atoms with Crippen molar-refractivity contribution in [1.29, 1.82) is 0 Å². The van der Waals surface area contributed by atoms with Gasteiger partial charge in [0.05, 0.1) is 12.3 Å². The van der Waals surface area contributed by atoms with E-state index in [2.05, 4.69) is 25.6 Å². The van der Waals surface area contributed by atoms with Crippen molar-refractivity contribution in [3.05, 3.63) is 30.6 Å². The number of aliphatic hydroxyl groups is 1. The van der Waals surface area contributed by atoms with Crippen LogP contribution < -0.4 is 10.6 Å². The average Bonchev–Trinajstić information content (AvgIpc) is 2.47. The molecular formula is C13H17N5O. The van der Waals surface area contributed by atoms with Crippen molar-refractivity contribution in [2.75, 3.05) is 24.3 Å². The van der Waals surface area contributed by atoms with E-state index >= 15 is 0 Å². The highest BCUT2D eigenvalue weighted by Gasteiger charge is 2.08. The molecule has 2 heterocycles. The fourth-order valence-corrected chi connectivity index (χ4v) is 1.58. The largest absolute Gasteiger partial charge is 0.394 e. The van der Waals surface area contributed by atoms with Crippen LogP contribution in [0.5, 0.6) is 0 Å². The first-order valence-electron chi connectivity index (χ1n) is 6.07. The number of nitrogens with one attached hydrogen (secondary N) is 2. The minimum Gasteiger partial charge on any atom is -0.394 e. The number of anilines is 2. The summed E-state index contributed by atoms with van der Waals surface area (Å²) < 4.78 is 0. The van der Waals surface area contributed by atoms with Crippen LogP contribution in [0.25, 0.3) is 11.3 Å². The van der Waals surface area contributed by atoms with E-state index in [1.54, 1.807) is 19.4 Å². The van der Waals surface area contributed by atoms with E-state index in [0.717, 1.165) is 17.1 Å². The van der Waals surface area contributed by atoms with Gasteiger partial charge in [0.1, 0.15) is 5.82 Å². The molecule has 0 saturated carbocycles. The third-order valence-corrected chi connectivity index (χ3v) is 2.61. The molecule has 0 saturated heterocycles. The first-order chi connectivity index (χ1) is 9.22. The van der Waals surface area contributed by atoms with Crippen LogP contribution >= 0.6 is 0 Å². The summed E-state index contributed by atoms with van der Waals surface area (Å²) in [6.07, 6.45) is 3.44. The van der Waals surface area contributed by atoms with Gasteiger partial charge in [-0.1, -0.05) is 0 Å². The molecule has 0 amide bonds. The maximum Gasteiger partial charge on any atom is 0.225 e. The summed E-state index contributed by atoms with van der Waals surface area (Å²) >= 11 is 0. The minimum absolute atomic E-state index is 0.0255. The van der Waals surface area contributed by atoms with Crippen LogP contribution in [0.2, 0.25) is 0 Å². The highest BCUT2D eigenvalue weighted by molar-refractivity contribution is 5.63. The Balaban J connectivity index is 2.36. The zero-order valence-electron chi connectivity index (χ0n) is 11.0. The molecule has 0 fully saturated rings. The average molecular weight is 259 g/mol. The number of aromatic nitrogens is 3. The van der Waals surface area contributed by atoms with Gasteiger partial charge < -0.3 is 15.7 Å². The molecule has 6 nitrogen and oxygen atoms in total. The molecule has 0 aliphatic rings. The number of hydrogen-bond donors (Lipinski definition) is 3. The lowest BCUT2D eigenvalue weighted by atomic mass is 10.2. The van der Waals surface area contributed by atoms with Gasteiger partial charge in [-0.2, -0.15) is 4.98 Å². The van der Waals surface area contributed by atoms with Crippen LogP contribution in [0.1, 0.15) is 6.92 Å². The fourth-order valence-electron chi connectivity index (χ4n) is 1.58. The van der Waals surface area contributed by atoms with Crippen LogP contribution in [0.15, 0.2) is 30.6 Å². The second-order valence-corrected chi connectivity index (χ2v) is 4.18. The van der Waals surface area contributed by atoms with E-state index in [0.29, 0.717) is 5.95 Å². The first-order valence-corrected chi connectivity index (χ1v) is 6.07. The number of pyridine rings is 1. The third-order valence-electron chi connectivity index (χ3n) is 2.61. The van der Waals surface area contributed by atoms with Crippen molar-refractivity contribution in [3.8, 4) is 11.3 Å². The lowest BCUT2D eigenvalue weighted by molar-refractivity contribution is 0.281. The highest BCUT2D eigenvalue weighted by atomic mass is 16.3. The van der Waals surface area contributed by atoms with Crippen LogP contribution in [-0.4, -0.2) is 39.8 Å². The van der Waals surface area contributed by atoms with Gasteiger partial charge in [-0.25, -0.2) is 4.98 Å². The number of rotatable bonds is 5. The van der Waals surface area contributed by atoms with Gasteiger partial charge in [0, 0.05) is 37.1 Å². The van der Waals surface area contributed by atoms with Gasteiger partial charge in [0.2, 0.25) is 5.95 Å². The van der Waals surface area contributed by atoms with Crippen molar-refractivity contribution in [1.82, 2.24) is 15.0 Å². The summed E-state index contributed by atoms with van der Waals surface area (Å²) in [5.74, 6) is 1.20. The molecule has 19 heavy (non-hydrogen) atoms. The lowest BCUT2D eigenvalue weighted by Crippen LogP contribution is -2.21. The topological polar surface area (TPSA) is 83.0 Å². The maximum absolute atomic E-state index is 9.07. The van der Waals surface area contributed by atoms with E-state index in [9.17, 15) is 0 Å². The molecule has 0 aliphatic carbocycles. The zero-order valence-corrected chi connectivity index (χ0v) is 11.0. The number of nitrogens with zero attached hydrogens (tertiary/aromatic N) is 3. The normalized spacial score (nSPS) is 11.9.